The van der Waals surface area contributed by atoms with E-state index >= 15 is 0 Å². The Labute approximate surface area is 179 Å². The number of carbonyl (C=O) groups excluding carboxylic acids is 1. The fourth-order valence-electron chi connectivity index (χ4n) is 2.54. The van der Waals surface area contributed by atoms with Gasteiger partial charge in [-0.3, -0.25) is 5.32 Å². The summed E-state index contributed by atoms with van der Waals surface area (Å²) in [6, 6.07) is 7.49. The summed E-state index contributed by atoms with van der Waals surface area (Å²) in [6.07, 6.45) is -3.43. The van der Waals surface area contributed by atoms with Crippen LogP contribution in [0.15, 0.2) is 29.6 Å². The van der Waals surface area contributed by atoms with Crippen molar-refractivity contribution in [3.63, 3.8) is 0 Å². The Kier molecular flexibility index (Phi) is 8.88. The first-order valence-corrected chi connectivity index (χ1v) is 10.1. The molecule has 0 saturated carbocycles. The number of nitrogens with one attached hydrogen (secondary N) is 2. The highest BCUT2D eigenvalue weighted by molar-refractivity contribution is 7.13. The lowest BCUT2D eigenvalue weighted by molar-refractivity contribution is -0.192. The van der Waals surface area contributed by atoms with Gasteiger partial charge in [-0.2, -0.15) is 13.2 Å². The number of amides is 1. The molecular formula is C18H19ClF3N3O4S. The van der Waals surface area contributed by atoms with Crippen molar-refractivity contribution in [3.05, 3.63) is 34.8 Å². The fourth-order valence-corrected chi connectivity index (χ4v) is 3.53. The van der Waals surface area contributed by atoms with Crippen molar-refractivity contribution in [1.82, 2.24) is 10.3 Å². The van der Waals surface area contributed by atoms with Gasteiger partial charge in [-0.15, -0.1) is 11.3 Å². The normalized spacial score (nSPS) is 14.4. The molecule has 0 atom stereocenters. The minimum absolute atomic E-state index is 0.432. The average molecular weight is 466 g/mol. The van der Waals surface area contributed by atoms with E-state index in [1.165, 1.54) is 11.3 Å². The zero-order chi connectivity index (χ0) is 22.1. The molecule has 0 bridgehead atoms. The molecule has 0 radical (unpaired) electrons. The van der Waals surface area contributed by atoms with Gasteiger partial charge in [0.25, 0.3) is 0 Å². The van der Waals surface area contributed by atoms with Crippen molar-refractivity contribution in [3.8, 4) is 10.6 Å². The maximum atomic E-state index is 12.1. The first-order chi connectivity index (χ1) is 14.2. The first-order valence-electron chi connectivity index (χ1n) is 8.82. The van der Waals surface area contributed by atoms with Crippen molar-refractivity contribution in [2.45, 2.75) is 19.0 Å². The summed E-state index contributed by atoms with van der Waals surface area (Å²) < 4.78 is 37.1. The lowest BCUT2D eigenvalue weighted by Crippen LogP contribution is -2.31. The number of alkyl halides is 3. The Morgan fingerprint density at radius 1 is 1.30 bits per heavy atom. The molecule has 30 heavy (non-hydrogen) atoms. The number of aliphatic carboxylic acids is 1. The van der Waals surface area contributed by atoms with Crippen LogP contribution in [0, 0.1) is 5.92 Å². The number of hydrogen-bond donors (Lipinski definition) is 3. The maximum absolute atomic E-state index is 12.1. The number of aromatic nitrogens is 1. The van der Waals surface area contributed by atoms with Crippen LogP contribution in [0.1, 0.15) is 12.8 Å². The van der Waals surface area contributed by atoms with E-state index in [-0.39, 0.29) is 0 Å². The highest BCUT2D eigenvalue weighted by Crippen LogP contribution is 2.31. The van der Waals surface area contributed by atoms with E-state index in [1.54, 1.807) is 5.38 Å². The number of thiazole rings is 1. The Bertz CT molecular complexity index is 857. The maximum Gasteiger partial charge on any atom is 0.490 e. The van der Waals surface area contributed by atoms with Crippen molar-refractivity contribution in [2.75, 3.05) is 25.0 Å². The van der Waals surface area contributed by atoms with Gasteiger partial charge in [0, 0.05) is 10.9 Å². The Balaban J connectivity index is 0.000000396. The van der Waals surface area contributed by atoms with E-state index in [1.807, 2.05) is 24.3 Å². The van der Waals surface area contributed by atoms with Crippen LogP contribution in [0.3, 0.4) is 0 Å². The van der Waals surface area contributed by atoms with Gasteiger partial charge < -0.3 is 15.2 Å². The zero-order valence-electron chi connectivity index (χ0n) is 15.5. The van der Waals surface area contributed by atoms with Crippen molar-refractivity contribution < 1.29 is 32.6 Å². The van der Waals surface area contributed by atoms with Gasteiger partial charge in [0.05, 0.1) is 12.3 Å². The van der Waals surface area contributed by atoms with E-state index in [4.69, 9.17) is 26.2 Å². The molecular weight excluding hydrogens is 447 g/mol. The highest BCUT2D eigenvalue weighted by Gasteiger charge is 2.38. The van der Waals surface area contributed by atoms with E-state index in [0.29, 0.717) is 23.4 Å². The lowest BCUT2D eigenvalue weighted by Gasteiger charge is -2.22. The molecule has 1 aromatic heterocycles. The van der Waals surface area contributed by atoms with Crippen LogP contribution in [-0.4, -0.2) is 48.0 Å². The summed E-state index contributed by atoms with van der Waals surface area (Å²) in [7, 11) is 0. The molecule has 3 N–H and O–H groups in total. The number of halogens is 4. The number of benzene rings is 1. The van der Waals surface area contributed by atoms with Gasteiger partial charge in [-0.1, -0.05) is 23.7 Å². The Morgan fingerprint density at radius 2 is 1.93 bits per heavy atom. The van der Waals surface area contributed by atoms with E-state index in [2.05, 4.69) is 15.6 Å². The third-order valence-corrected chi connectivity index (χ3v) is 5.22. The molecule has 164 valence electrons. The molecule has 7 nitrogen and oxygen atoms in total. The Hall–Kier alpha value is -2.37. The second kappa shape index (κ2) is 11.1. The molecule has 0 aliphatic carbocycles. The van der Waals surface area contributed by atoms with Gasteiger partial charge in [-0.25, -0.2) is 14.6 Å². The summed E-state index contributed by atoms with van der Waals surface area (Å²) in [6.45, 7) is 2.44. The minimum Gasteiger partial charge on any atom is -0.475 e. The molecule has 0 unspecified atom stereocenters. The lowest BCUT2D eigenvalue weighted by atomic mass is 9.99. The summed E-state index contributed by atoms with van der Waals surface area (Å²) in [4.78, 5) is 25.2. The summed E-state index contributed by atoms with van der Waals surface area (Å²) in [5.41, 5.74) is 1.51. The van der Waals surface area contributed by atoms with Crippen LogP contribution in [0.4, 0.5) is 23.7 Å². The number of para-hydroxylation sites is 1. The van der Waals surface area contributed by atoms with Gasteiger partial charge in [-0.05, 0) is 44.0 Å². The van der Waals surface area contributed by atoms with Crippen molar-refractivity contribution >= 4 is 40.7 Å². The quantitative estimate of drug-likeness (QED) is 0.608. The van der Waals surface area contributed by atoms with Crippen LogP contribution in [0.25, 0.3) is 10.6 Å². The van der Waals surface area contributed by atoms with Crippen molar-refractivity contribution in [2.24, 2.45) is 5.92 Å². The molecule has 1 amide bonds. The summed E-state index contributed by atoms with van der Waals surface area (Å²) in [5, 5.41) is 16.2. The number of piperidine rings is 1. The SMILES string of the molecule is O=C(Nc1ccccc1-c1nc(Cl)cs1)OCC1CCNCC1.O=C(O)C(F)(F)F. The minimum atomic E-state index is -5.08. The molecule has 2 heterocycles. The molecule has 1 aliphatic heterocycles. The third kappa shape index (κ3) is 7.81. The van der Waals surface area contributed by atoms with Crippen LogP contribution >= 0.6 is 22.9 Å². The first kappa shape index (κ1) is 23.9. The number of carboxylic acid groups (broad SMARTS) is 1. The van der Waals surface area contributed by atoms with Gasteiger partial charge >= 0.3 is 18.2 Å². The van der Waals surface area contributed by atoms with Crippen LogP contribution in [0.2, 0.25) is 5.15 Å². The Morgan fingerprint density at radius 3 is 2.50 bits per heavy atom. The topological polar surface area (TPSA) is 101 Å². The number of carboxylic acids is 1. The molecule has 1 aliphatic rings. The second-order valence-electron chi connectivity index (χ2n) is 6.24. The van der Waals surface area contributed by atoms with E-state index in [9.17, 15) is 18.0 Å². The monoisotopic (exact) mass is 465 g/mol. The number of ether oxygens (including phenoxy) is 1. The van der Waals surface area contributed by atoms with Gasteiger partial charge in [0.2, 0.25) is 0 Å². The number of nitrogens with zero attached hydrogens (tertiary/aromatic N) is 1. The number of carbonyl (C=O) groups is 2. The smallest absolute Gasteiger partial charge is 0.475 e. The van der Waals surface area contributed by atoms with Crippen LogP contribution < -0.4 is 10.6 Å². The van der Waals surface area contributed by atoms with Crippen molar-refractivity contribution in [1.29, 1.82) is 0 Å². The number of rotatable bonds is 4. The van der Waals surface area contributed by atoms with E-state index in [0.717, 1.165) is 36.5 Å². The molecule has 3 rings (SSSR count). The standard InChI is InChI=1S/C16H18ClN3O2S.C2HF3O2/c17-14-10-23-15(20-14)12-3-1-2-4-13(12)19-16(21)22-9-11-5-7-18-8-6-11;3-2(4,5)1(6)7/h1-4,10-11,18H,5-9H2,(H,19,21);(H,6,7). The van der Waals surface area contributed by atoms with Crippen LogP contribution in [0.5, 0.6) is 0 Å². The largest absolute Gasteiger partial charge is 0.490 e. The summed E-state index contributed by atoms with van der Waals surface area (Å²) >= 11 is 7.32. The molecule has 12 heteroatoms. The molecule has 2 aromatic rings. The third-order valence-electron chi connectivity index (χ3n) is 4.02. The zero-order valence-corrected chi connectivity index (χ0v) is 17.1. The van der Waals surface area contributed by atoms with Gasteiger partial charge in [0.15, 0.2) is 0 Å². The van der Waals surface area contributed by atoms with E-state index < -0.39 is 18.2 Å². The number of hydrogen-bond acceptors (Lipinski definition) is 6. The average Bonchev–Trinajstić information content (AvgIpc) is 3.13. The predicted molar refractivity (Wildman–Crippen MR) is 107 cm³/mol. The molecule has 1 saturated heterocycles. The highest BCUT2D eigenvalue weighted by atomic mass is 35.5. The summed E-state index contributed by atoms with van der Waals surface area (Å²) in [5.74, 6) is -2.32. The molecule has 0 spiro atoms. The molecule has 1 fully saturated rings. The molecule has 1 aromatic carbocycles. The van der Waals surface area contributed by atoms with Crippen LogP contribution in [-0.2, 0) is 9.53 Å². The second-order valence-corrected chi connectivity index (χ2v) is 7.49. The predicted octanol–water partition coefficient (Wildman–Crippen LogP) is 4.64. The fraction of sp³-hybridized carbons (Fsp3) is 0.389. The number of anilines is 1. The van der Waals surface area contributed by atoms with Gasteiger partial charge in [0.1, 0.15) is 10.2 Å².